The Kier molecular flexibility index (Phi) is 3.47. The van der Waals surface area contributed by atoms with E-state index in [0.717, 1.165) is 0 Å². The summed E-state index contributed by atoms with van der Waals surface area (Å²) in [6.07, 6.45) is 0. The molecule has 5 aromatic rings. The van der Waals surface area contributed by atoms with Crippen LogP contribution in [0.2, 0.25) is 0 Å². The molecule has 0 fully saturated rings. The Hall–Kier alpha value is -2.84. The van der Waals surface area contributed by atoms with Gasteiger partial charge in [-0.3, -0.25) is 0 Å². The van der Waals surface area contributed by atoms with Crippen LogP contribution >= 0.6 is 11.3 Å². The van der Waals surface area contributed by atoms with Gasteiger partial charge in [-0.15, -0.1) is 11.3 Å². The highest BCUT2D eigenvalue weighted by atomic mass is 32.1. The van der Waals surface area contributed by atoms with Crippen molar-refractivity contribution in [3.63, 3.8) is 0 Å². The fourth-order valence-corrected chi connectivity index (χ4v) is 5.32. The molecule has 0 bridgehead atoms. The zero-order valence-electron chi connectivity index (χ0n) is 14.8. The van der Waals surface area contributed by atoms with Gasteiger partial charge in [-0.1, -0.05) is 60.7 Å². The third kappa shape index (κ3) is 2.09. The monoisotopic (exact) mass is 353 g/mol. The average Bonchev–Trinajstić information content (AvgIpc) is 3.08. The molecule has 0 aliphatic carbocycles. The highest BCUT2D eigenvalue weighted by molar-refractivity contribution is 7.26. The zero-order chi connectivity index (χ0) is 17.7. The molecular formula is C24H19NS. The first-order chi connectivity index (χ1) is 12.8. The van der Waals surface area contributed by atoms with Gasteiger partial charge in [-0.2, -0.15) is 0 Å². The number of benzene rings is 4. The Morgan fingerprint density at radius 3 is 2.19 bits per heavy atom. The molecule has 1 heterocycles. The van der Waals surface area contributed by atoms with Crippen LogP contribution in [0.5, 0.6) is 0 Å². The summed E-state index contributed by atoms with van der Waals surface area (Å²) in [6.45, 7) is 2.26. The minimum absolute atomic E-state index is 1.17. The van der Waals surface area contributed by atoms with Crippen LogP contribution in [-0.2, 0) is 0 Å². The van der Waals surface area contributed by atoms with Gasteiger partial charge < -0.3 is 5.32 Å². The quantitative estimate of drug-likeness (QED) is 0.353. The normalized spacial score (nSPS) is 11.5. The van der Waals surface area contributed by atoms with E-state index in [1.165, 1.54) is 53.3 Å². The lowest BCUT2D eigenvalue weighted by Crippen LogP contribution is -1.94. The molecule has 0 saturated carbocycles. The van der Waals surface area contributed by atoms with Crippen LogP contribution in [0.15, 0.2) is 72.8 Å². The number of aryl methyl sites for hydroxylation is 1. The first kappa shape index (κ1) is 15.4. The lowest BCUT2D eigenvalue weighted by molar-refractivity contribution is 1.48. The van der Waals surface area contributed by atoms with Crippen LogP contribution in [-0.4, -0.2) is 7.05 Å². The SMILES string of the molecule is CNc1ccccc1-c1c(C)c2ccccc2c2sc3ccccc3c12. The van der Waals surface area contributed by atoms with Crippen LogP contribution in [0.3, 0.4) is 0 Å². The second kappa shape index (κ2) is 5.86. The number of hydrogen-bond acceptors (Lipinski definition) is 2. The molecule has 4 aromatic carbocycles. The van der Waals surface area contributed by atoms with Crippen LogP contribution in [0.25, 0.3) is 42.1 Å². The smallest absolute Gasteiger partial charge is 0.0440 e. The van der Waals surface area contributed by atoms with Crippen LogP contribution in [0, 0.1) is 6.92 Å². The molecule has 0 aliphatic heterocycles. The predicted molar refractivity (Wildman–Crippen MR) is 117 cm³/mol. The number of rotatable bonds is 2. The molecular weight excluding hydrogens is 334 g/mol. The topological polar surface area (TPSA) is 12.0 Å². The van der Waals surface area contributed by atoms with Gasteiger partial charge in [0.1, 0.15) is 0 Å². The van der Waals surface area contributed by atoms with E-state index in [9.17, 15) is 0 Å². The van der Waals surface area contributed by atoms with Crippen LogP contribution in [0.4, 0.5) is 5.69 Å². The molecule has 2 heteroatoms. The molecule has 1 nitrogen and oxygen atoms in total. The number of para-hydroxylation sites is 1. The van der Waals surface area contributed by atoms with Gasteiger partial charge in [0.05, 0.1) is 0 Å². The van der Waals surface area contributed by atoms with Gasteiger partial charge in [0.15, 0.2) is 0 Å². The van der Waals surface area contributed by atoms with Gasteiger partial charge in [-0.25, -0.2) is 0 Å². The molecule has 1 N–H and O–H groups in total. The van der Waals surface area contributed by atoms with Crippen molar-refractivity contribution in [2.45, 2.75) is 6.92 Å². The lowest BCUT2D eigenvalue weighted by atomic mass is 9.90. The number of anilines is 1. The summed E-state index contributed by atoms with van der Waals surface area (Å²) in [5.41, 5.74) is 5.13. The fraction of sp³-hybridized carbons (Fsp3) is 0.0833. The second-order valence-electron chi connectivity index (χ2n) is 6.64. The molecule has 126 valence electrons. The van der Waals surface area contributed by atoms with Crippen LogP contribution in [0.1, 0.15) is 5.56 Å². The summed E-state index contributed by atoms with van der Waals surface area (Å²) < 4.78 is 2.73. The van der Waals surface area contributed by atoms with Crippen molar-refractivity contribution in [3.8, 4) is 11.1 Å². The van der Waals surface area contributed by atoms with E-state index < -0.39 is 0 Å². The predicted octanol–water partition coefficient (Wildman–Crippen LogP) is 7.22. The van der Waals surface area contributed by atoms with Crippen molar-refractivity contribution in [3.05, 3.63) is 78.4 Å². The first-order valence-electron chi connectivity index (χ1n) is 8.89. The van der Waals surface area contributed by atoms with Crippen molar-refractivity contribution < 1.29 is 0 Å². The Labute approximate surface area is 156 Å². The van der Waals surface area contributed by atoms with Crippen molar-refractivity contribution >= 4 is 48.0 Å². The van der Waals surface area contributed by atoms with E-state index in [1.807, 2.05) is 18.4 Å². The standard InChI is InChI=1S/C24H19NS/c1-15-16-9-3-4-10-17(16)24-23(19-12-6-8-14-21(19)26-24)22(15)18-11-5-7-13-20(18)25-2/h3-14,25H,1-2H3. The average molecular weight is 353 g/mol. The molecule has 0 atom stereocenters. The highest BCUT2D eigenvalue weighted by Crippen LogP contribution is 2.47. The molecule has 0 unspecified atom stereocenters. The van der Waals surface area contributed by atoms with Crippen molar-refractivity contribution in [1.29, 1.82) is 0 Å². The number of fused-ring (bicyclic) bond motifs is 5. The number of nitrogens with one attached hydrogen (secondary N) is 1. The largest absolute Gasteiger partial charge is 0.388 e. The van der Waals surface area contributed by atoms with E-state index in [-0.39, 0.29) is 0 Å². The zero-order valence-corrected chi connectivity index (χ0v) is 15.7. The Balaban J connectivity index is 2.09. The van der Waals surface area contributed by atoms with E-state index >= 15 is 0 Å². The van der Waals surface area contributed by atoms with Gasteiger partial charge >= 0.3 is 0 Å². The Morgan fingerprint density at radius 2 is 1.38 bits per heavy atom. The summed E-state index contributed by atoms with van der Waals surface area (Å²) in [5.74, 6) is 0. The van der Waals surface area contributed by atoms with Crippen molar-refractivity contribution in [2.75, 3.05) is 12.4 Å². The maximum atomic E-state index is 3.38. The van der Waals surface area contributed by atoms with E-state index in [4.69, 9.17) is 0 Å². The molecule has 0 amide bonds. The maximum absolute atomic E-state index is 3.38. The molecule has 5 rings (SSSR count). The van der Waals surface area contributed by atoms with Crippen molar-refractivity contribution in [2.24, 2.45) is 0 Å². The molecule has 0 saturated heterocycles. The van der Waals surface area contributed by atoms with E-state index in [2.05, 4.69) is 85.0 Å². The van der Waals surface area contributed by atoms with Gasteiger partial charge in [0.25, 0.3) is 0 Å². The Morgan fingerprint density at radius 1 is 0.731 bits per heavy atom. The minimum Gasteiger partial charge on any atom is -0.388 e. The highest BCUT2D eigenvalue weighted by Gasteiger charge is 2.18. The third-order valence-corrected chi connectivity index (χ3v) is 6.47. The lowest BCUT2D eigenvalue weighted by Gasteiger charge is -2.16. The maximum Gasteiger partial charge on any atom is 0.0440 e. The molecule has 0 radical (unpaired) electrons. The summed E-state index contributed by atoms with van der Waals surface area (Å²) in [5, 5.41) is 8.80. The van der Waals surface area contributed by atoms with E-state index in [1.54, 1.807) is 0 Å². The summed E-state index contributed by atoms with van der Waals surface area (Å²) >= 11 is 1.90. The molecule has 0 spiro atoms. The van der Waals surface area contributed by atoms with Gasteiger partial charge in [-0.05, 0) is 41.0 Å². The minimum atomic E-state index is 1.17. The van der Waals surface area contributed by atoms with Crippen LogP contribution < -0.4 is 5.32 Å². The third-order valence-electron chi connectivity index (χ3n) is 5.26. The van der Waals surface area contributed by atoms with Gasteiger partial charge in [0, 0.05) is 38.5 Å². The first-order valence-corrected chi connectivity index (χ1v) is 9.71. The molecule has 0 aliphatic rings. The Bertz CT molecular complexity index is 1280. The fourth-order valence-electron chi connectivity index (χ4n) is 4.07. The van der Waals surface area contributed by atoms with E-state index in [0.29, 0.717) is 0 Å². The second-order valence-corrected chi connectivity index (χ2v) is 7.70. The number of hydrogen-bond donors (Lipinski definition) is 1. The van der Waals surface area contributed by atoms with Crippen molar-refractivity contribution in [1.82, 2.24) is 0 Å². The molecule has 26 heavy (non-hydrogen) atoms. The van der Waals surface area contributed by atoms with Gasteiger partial charge in [0.2, 0.25) is 0 Å². The summed E-state index contributed by atoms with van der Waals surface area (Å²) in [7, 11) is 2.00. The summed E-state index contributed by atoms with van der Waals surface area (Å²) in [4.78, 5) is 0. The summed E-state index contributed by atoms with van der Waals surface area (Å²) in [6, 6.07) is 26.2. The molecule has 1 aromatic heterocycles. The number of thiophene rings is 1.